The molecule has 0 aliphatic carbocycles. The molecule has 0 bridgehead atoms. The first-order valence-corrected chi connectivity index (χ1v) is 11.7. The Balaban J connectivity index is 3.36. The molecule has 0 unspecified atom stereocenters. The monoisotopic (exact) mass is 350 g/mol. The van der Waals surface area contributed by atoms with Crippen LogP contribution in [0.1, 0.15) is 71.6 Å². The smallest absolute Gasteiger partial charge is 0.330 e. The Morgan fingerprint density at radius 3 is 1.68 bits per heavy atom. The summed E-state index contributed by atoms with van der Waals surface area (Å²) in [6.07, 6.45) is 11.8. The van der Waals surface area contributed by atoms with Gasteiger partial charge < -0.3 is 13.5 Å². The maximum atomic E-state index is 12.2. The van der Waals surface area contributed by atoms with Gasteiger partial charge in [-0.3, -0.25) is 4.57 Å². The number of hydrogen-bond acceptors (Lipinski definition) is 4. The standard InChI is InChI=1S/C16H35O4PSi/c1-4-19-21(17,20-5-2)15-13-11-9-7-6-8-10-12-14-16-22-18-3/h4-16H2,1-3H3. The van der Waals surface area contributed by atoms with E-state index in [4.69, 9.17) is 13.5 Å². The molecule has 132 valence electrons. The summed E-state index contributed by atoms with van der Waals surface area (Å²) >= 11 is 0. The van der Waals surface area contributed by atoms with Crippen LogP contribution in [0.4, 0.5) is 0 Å². The van der Waals surface area contributed by atoms with Crippen LogP contribution < -0.4 is 0 Å². The van der Waals surface area contributed by atoms with Gasteiger partial charge in [0.05, 0.1) is 19.4 Å². The molecule has 0 saturated heterocycles. The molecule has 0 N–H and O–H groups in total. The van der Waals surface area contributed by atoms with Crippen molar-refractivity contribution in [2.45, 2.75) is 77.7 Å². The summed E-state index contributed by atoms with van der Waals surface area (Å²) in [6.45, 7) is 4.65. The van der Waals surface area contributed by atoms with E-state index in [1.54, 1.807) is 7.11 Å². The van der Waals surface area contributed by atoms with Crippen LogP contribution in [0, 0.1) is 0 Å². The second-order valence-electron chi connectivity index (χ2n) is 5.45. The normalized spacial score (nSPS) is 12.0. The van der Waals surface area contributed by atoms with Gasteiger partial charge in [-0.25, -0.2) is 0 Å². The van der Waals surface area contributed by atoms with Crippen LogP contribution in [0.3, 0.4) is 0 Å². The predicted molar refractivity (Wildman–Crippen MR) is 94.8 cm³/mol. The van der Waals surface area contributed by atoms with E-state index < -0.39 is 7.60 Å². The molecule has 6 heteroatoms. The summed E-state index contributed by atoms with van der Waals surface area (Å²) in [5, 5.41) is 0. The average Bonchev–Trinajstić information content (AvgIpc) is 2.49. The molecular formula is C16H35O4PSi. The first kappa shape index (κ1) is 22.3. The molecule has 0 amide bonds. The van der Waals surface area contributed by atoms with E-state index in [1.807, 2.05) is 13.8 Å². The molecule has 22 heavy (non-hydrogen) atoms. The summed E-state index contributed by atoms with van der Waals surface area (Å²) in [5.74, 6) is 0. The fourth-order valence-corrected chi connectivity index (χ4v) is 4.73. The van der Waals surface area contributed by atoms with Gasteiger partial charge in [-0.1, -0.05) is 51.4 Å². The largest absolute Gasteiger partial charge is 0.421 e. The van der Waals surface area contributed by atoms with Crippen molar-refractivity contribution in [1.29, 1.82) is 0 Å². The molecule has 0 aliphatic rings. The van der Waals surface area contributed by atoms with E-state index in [1.165, 1.54) is 51.0 Å². The van der Waals surface area contributed by atoms with Gasteiger partial charge in [0, 0.05) is 7.11 Å². The molecule has 0 atom stereocenters. The third kappa shape index (κ3) is 14.0. The van der Waals surface area contributed by atoms with Gasteiger partial charge in [-0.15, -0.1) is 0 Å². The van der Waals surface area contributed by atoms with Crippen LogP contribution in [0.5, 0.6) is 0 Å². The minimum absolute atomic E-state index is 0.460. The Kier molecular flexibility index (Phi) is 16.4. The van der Waals surface area contributed by atoms with Crippen molar-refractivity contribution in [3.8, 4) is 0 Å². The summed E-state index contributed by atoms with van der Waals surface area (Å²) < 4.78 is 27.9. The average molecular weight is 351 g/mol. The van der Waals surface area contributed by atoms with E-state index >= 15 is 0 Å². The molecule has 0 spiro atoms. The van der Waals surface area contributed by atoms with E-state index in [0.29, 0.717) is 29.1 Å². The first-order chi connectivity index (χ1) is 10.7. The van der Waals surface area contributed by atoms with Gasteiger partial charge in [0.1, 0.15) is 0 Å². The van der Waals surface area contributed by atoms with Crippen molar-refractivity contribution in [2.24, 2.45) is 0 Å². The van der Waals surface area contributed by atoms with E-state index in [0.717, 1.165) is 12.8 Å². The van der Waals surface area contributed by atoms with Crippen LogP contribution in [0.25, 0.3) is 0 Å². The minimum Gasteiger partial charge on any atom is -0.421 e. The molecule has 0 rings (SSSR count). The van der Waals surface area contributed by atoms with Crippen LogP contribution in [0.15, 0.2) is 0 Å². The molecule has 0 fully saturated rings. The summed E-state index contributed by atoms with van der Waals surface area (Å²) in [7, 11) is -0.353. The maximum absolute atomic E-state index is 12.2. The number of hydrogen-bond donors (Lipinski definition) is 0. The fraction of sp³-hybridized carbons (Fsp3) is 1.00. The Morgan fingerprint density at radius 1 is 0.773 bits per heavy atom. The Hall–Kier alpha value is 0.327. The quantitative estimate of drug-likeness (QED) is 0.199. The van der Waals surface area contributed by atoms with Gasteiger partial charge in [-0.2, -0.15) is 0 Å². The molecule has 0 aromatic heterocycles. The molecule has 0 aromatic rings. The zero-order valence-corrected chi connectivity index (χ0v) is 16.7. The Labute approximate surface area is 140 Å². The third-order valence-electron chi connectivity index (χ3n) is 3.51. The van der Waals surface area contributed by atoms with Gasteiger partial charge >= 0.3 is 7.60 Å². The van der Waals surface area contributed by atoms with Gasteiger partial charge in [0.2, 0.25) is 9.76 Å². The number of rotatable bonds is 17. The lowest BCUT2D eigenvalue weighted by atomic mass is 10.1. The Bertz CT molecular complexity index is 267. The minimum atomic E-state index is -2.81. The highest BCUT2D eigenvalue weighted by Gasteiger charge is 2.22. The fourth-order valence-electron chi connectivity index (χ4n) is 2.40. The maximum Gasteiger partial charge on any atom is 0.330 e. The molecule has 2 radical (unpaired) electrons. The van der Waals surface area contributed by atoms with Gasteiger partial charge in [0.15, 0.2) is 0 Å². The number of unbranched alkanes of at least 4 members (excludes halogenated alkanes) is 8. The van der Waals surface area contributed by atoms with E-state index in [2.05, 4.69) is 0 Å². The van der Waals surface area contributed by atoms with Crippen LogP contribution in [-0.2, 0) is 18.0 Å². The lowest BCUT2D eigenvalue weighted by Gasteiger charge is -2.16. The molecule has 0 aromatic carbocycles. The summed E-state index contributed by atoms with van der Waals surface area (Å²) in [5.41, 5.74) is 0. The van der Waals surface area contributed by atoms with Crippen molar-refractivity contribution >= 4 is 17.4 Å². The summed E-state index contributed by atoms with van der Waals surface area (Å²) in [6, 6.07) is 1.22. The highest BCUT2D eigenvalue weighted by Crippen LogP contribution is 2.48. The van der Waals surface area contributed by atoms with Crippen molar-refractivity contribution in [3.05, 3.63) is 0 Å². The van der Waals surface area contributed by atoms with Crippen molar-refractivity contribution in [3.63, 3.8) is 0 Å². The van der Waals surface area contributed by atoms with E-state index in [9.17, 15) is 4.57 Å². The Morgan fingerprint density at radius 2 is 1.23 bits per heavy atom. The molecular weight excluding hydrogens is 315 g/mol. The van der Waals surface area contributed by atoms with Gasteiger partial charge in [0.25, 0.3) is 0 Å². The third-order valence-corrected chi connectivity index (χ3v) is 6.52. The van der Waals surface area contributed by atoms with Crippen LogP contribution in [-0.4, -0.2) is 36.2 Å². The van der Waals surface area contributed by atoms with Crippen LogP contribution >= 0.6 is 7.60 Å². The molecule has 0 heterocycles. The topological polar surface area (TPSA) is 44.8 Å². The lowest BCUT2D eigenvalue weighted by Crippen LogP contribution is -2.00. The van der Waals surface area contributed by atoms with Crippen molar-refractivity contribution in [1.82, 2.24) is 0 Å². The molecule has 4 nitrogen and oxygen atoms in total. The first-order valence-electron chi connectivity index (χ1n) is 8.82. The summed E-state index contributed by atoms with van der Waals surface area (Å²) in [4.78, 5) is 0. The highest BCUT2D eigenvalue weighted by molar-refractivity contribution is 7.53. The lowest BCUT2D eigenvalue weighted by molar-refractivity contribution is 0.219. The predicted octanol–water partition coefficient (Wildman–Crippen LogP) is 5.45. The molecule has 0 saturated carbocycles. The SMILES string of the molecule is CCOP(=O)(CCCCCCCCCCC[Si]OC)OCC. The second kappa shape index (κ2) is 16.2. The van der Waals surface area contributed by atoms with Crippen molar-refractivity contribution < 1.29 is 18.0 Å². The highest BCUT2D eigenvalue weighted by atomic mass is 31.2. The van der Waals surface area contributed by atoms with E-state index in [-0.39, 0.29) is 0 Å². The van der Waals surface area contributed by atoms with Gasteiger partial charge in [-0.05, 0) is 26.3 Å². The van der Waals surface area contributed by atoms with Crippen LogP contribution in [0.2, 0.25) is 6.04 Å². The molecule has 0 aliphatic heterocycles. The zero-order valence-electron chi connectivity index (χ0n) is 14.8. The second-order valence-corrected chi connectivity index (χ2v) is 8.83. The van der Waals surface area contributed by atoms with Crippen molar-refractivity contribution in [2.75, 3.05) is 26.5 Å². The zero-order chi connectivity index (χ0) is 16.5.